The van der Waals surface area contributed by atoms with Crippen molar-refractivity contribution in [3.8, 4) is 6.07 Å². The molecule has 2 heterocycles. The van der Waals surface area contributed by atoms with Gasteiger partial charge in [-0.25, -0.2) is 4.98 Å². The van der Waals surface area contributed by atoms with Crippen LogP contribution in [0.5, 0.6) is 0 Å². The normalized spacial score (nSPS) is 19.9. The molecule has 22 heavy (non-hydrogen) atoms. The van der Waals surface area contributed by atoms with Gasteiger partial charge in [-0.1, -0.05) is 24.6 Å². The number of anilines is 1. The SMILES string of the molecule is N#Cc1cc(N2CCN(C3CCC3)CC2)nc2ccccc12. The van der Waals surface area contributed by atoms with Gasteiger partial charge in [-0.2, -0.15) is 5.26 Å². The highest BCUT2D eigenvalue weighted by atomic mass is 15.3. The van der Waals surface area contributed by atoms with E-state index >= 15 is 0 Å². The lowest BCUT2D eigenvalue weighted by Gasteiger charge is -2.43. The number of pyridine rings is 1. The Morgan fingerprint density at radius 1 is 1.09 bits per heavy atom. The van der Waals surface area contributed by atoms with Gasteiger partial charge in [-0.15, -0.1) is 0 Å². The number of fused-ring (bicyclic) bond motifs is 1. The van der Waals surface area contributed by atoms with E-state index in [0.29, 0.717) is 0 Å². The maximum absolute atomic E-state index is 9.41. The minimum atomic E-state index is 0.724. The van der Waals surface area contributed by atoms with Crippen molar-refractivity contribution >= 4 is 16.7 Å². The van der Waals surface area contributed by atoms with Gasteiger partial charge in [0.1, 0.15) is 5.82 Å². The van der Waals surface area contributed by atoms with Gasteiger partial charge in [0.2, 0.25) is 0 Å². The Labute approximate surface area is 131 Å². The van der Waals surface area contributed by atoms with Gasteiger partial charge >= 0.3 is 0 Å². The molecule has 0 bridgehead atoms. The number of para-hydroxylation sites is 1. The minimum absolute atomic E-state index is 0.724. The lowest BCUT2D eigenvalue weighted by atomic mass is 9.91. The van der Waals surface area contributed by atoms with Gasteiger partial charge in [-0.05, 0) is 25.0 Å². The summed E-state index contributed by atoms with van der Waals surface area (Å²) < 4.78 is 0. The van der Waals surface area contributed by atoms with Gasteiger partial charge in [0.05, 0.1) is 17.1 Å². The summed E-state index contributed by atoms with van der Waals surface area (Å²) >= 11 is 0. The number of hydrogen-bond acceptors (Lipinski definition) is 4. The van der Waals surface area contributed by atoms with E-state index < -0.39 is 0 Å². The van der Waals surface area contributed by atoms with Gasteiger partial charge in [0, 0.05) is 37.6 Å². The first-order valence-electron chi connectivity index (χ1n) is 8.14. The number of nitriles is 1. The standard InChI is InChI=1S/C18H20N4/c19-13-14-12-18(20-17-7-2-1-6-16(14)17)22-10-8-21(9-11-22)15-4-3-5-15/h1-2,6-7,12,15H,3-5,8-11H2. The number of aromatic nitrogens is 1. The fourth-order valence-corrected chi connectivity index (χ4v) is 3.48. The molecule has 1 saturated heterocycles. The summed E-state index contributed by atoms with van der Waals surface area (Å²) in [6.45, 7) is 4.24. The van der Waals surface area contributed by atoms with E-state index in [1.807, 2.05) is 30.3 Å². The van der Waals surface area contributed by atoms with Crippen molar-refractivity contribution in [3.05, 3.63) is 35.9 Å². The summed E-state index contributed by atoms with van der Waals surface area (Å²) in [7, 11) is 0. The summed E-state index contributed by atoms with van der Waals surface area (Å²) in [5.74, 6) is 0.948. The molecular formula is C18H20N4. The molecule has 0 N–H and O–H groups in total. The molecule has 4 nitrogen and oxygen atoms in total. The van der Waals surface area contributed by atoms with Crippen LogP contribution < -0.4 is 4.90 Å². The van der Waals surface area contributed by atoms with E-state index in [4.69, 9.17) is 4.98 Å². The molecule has 112 valence electrons. The highest BCUT2D eigenvalue weighted by Crippen LogP contribution is 2.27. The van der Waals surface area contributed by atoms with Crippen molar-refractivity contribution in [2.24, 2.45) is 0 Å². The maximum Gasteiger partial charge on any atom is 0.130 e. The Balaban J connectivity index is 1.58. The third kappa shape index (κ3) is 2.32. The van der Waals surface area contributed by atoms with E-state index in [0.717, 1.165) is 54.5 Å². The first-order valence-corrected chi connectivity index (χ1v) is 8.14. The molecule has 1 saturated carbocycles. The maximum atomic E-state index is 9.41. The van der Waals surface area contributed by atoms with Crippen molar-refractivity contribution in [1.29, 1.82) is 5.26 Å². The zero-order chi connectivity index (χ0) is 14.9. The average molecular weight is 292 g/mol. The quantitative estimate of drug-likeness (QED) is 0.853. The highest BCUT2D eigenvalue weighted by Gasteiger charge is 2.28. The van der Waals surface area contributed by atoms with Crippen LogP contribution in [-0.2, 0) is 0 Å². The Morgan fingerprint density at radius 2 is 1.86 bits per heavy atom. The third-order valence-electron chi connectivity index (χ3n) is 5.05. The summed E-state index contributed by atoms with van der Waals surface area (Å²) in [5.41, 5.74) is 1.64. The third-order valence-corrected chi connectivity index (χ3v) is 5.05. The van der Waals surface area contributed by atoms with Gasteiger partial charge in [0.25, 0.3) is 0 Å². The summed E-state index contributed by atoms with van der Waals surface area (Å²) in [6.07, 6.45) is 4.13. The van der Waals surface area contributed by atoms with Crippen LogP contribution in [0, 0.1) is 11.3 Å². The lowest BCUT2D eigenvalue weighted by Crippen LogP contribution is -2.52. The molecule has 4 heteroatoms. The van der Waals surface area contributed by atoms with E-state index in [2.05, 4.69) is 15.9 Å². The Bertz CT molecular complexity index is 721. The zero-order valence-electron chi connectivity index (χ0n) is 12.7. The van der Waals surface area contributed by atoms with Gasteiger partial charge in [0.15, 0.2) is 0 Å². The molecule has 0 spiro atoms. The van der Waals surface area contributed by atoms with Crippen LogP contribution in [0.2, 0.25) is 0 Å². The van der Waals surface area contributed by atoms with Crippen molar-refractivity contribution in [1.82, 2.24) is 9.88 Å². The number of benzene rings is 1. The lowest BCUT2D eigenvalue weighted by molar-refractivity contribution is 0.120. The Hall–Kier alpha value is -2.12. The second kappa shape index (κ2) is 5.58. The number of rotatable bonds is 2. The first-order chi connectivity index (χ1) is 10.8. The fraction of sp³-hybridized carbons (Fsp3) is 0.444. The highest BCUT2D eigenvalue weighted by molar-refractivity contribution is 5.86. The number of nitrogens with zero attached hydrogens (tertiary/aromatic N) is 4. The molecule has 2 aromatic rings. The summed E-state index contributed by atoms with van der Waals surface area (Å²) in [4.78, 5) is 9.71. The van der Waals surface area contributed by atoms with E-state index in [1.165, 1.54) is 19.3 Å². The van der Waals surface area contributed by atoms with Crippen molar-refractivity contribution in [2.45, 2.75) is 25.3 Å². The van der Waals surface area contributed by atoms with Crippen LogP contribution in [0.3, 0.4) is 0 Å². The van der Waals surface area contributed by atoms with Crippen LogP contribution in [0.25, 0.3) is 10.9 Å². The Morgan fingerprint density at radius 3 is 2.55 bits per heavy atom. The second-order valence-corrected chi connectivity index (χ2v) is 6.26. The average Bonchev–Trinajstić information content (AvgIpc) is 2.53. The Kier molecular flexibility index (Phi) is 3.44. The topological polar surface area (TPSA) is 43.2 Å². The zero-order valence-corrected chi connectivity index (χ0v) is 12.7. The molecule has 1 aliphatic carbocycles. The molecule has 1 aromatic carbocycles. The molecule has 0 atom stereocenters. The molecule has 2 aliphatic rings. The predicted octanol–water partition coefficient (Wildman–Crippen LogP) is 2.78. The van der Waals surface area contributed by atoms with Crippen molar-refractivity contribution in [3.63, 3.8) is 0 Å². The molecule has 1 aliphatic heterocycles. The minimum Gasteiger partial charge on any atom is -0.354 e. The predicted molar refractivity (Wildman–Crippen MR) is 87.9 cm³/mol. The van der Waals surface area contributed by atoms with Crippen LogP contribution >= 0.6 is 0 Å². The van der Waals surface area contributed by atoms with Gasteiger partial charge in [-0.3, -0.25) is 4.90 Å². The second-order valence-electron chi connectivity index (χ2n) is 6.26. The summed E-state index contributed by atoms with van der Waals surface area (Å²) in [6, 6.07) is 13.0. The number of piperazine rings is 1. The summed E-state index contributed by atoms with van der Waals surface area (Å²) in [5, 5.41) is 10.4. The van der Waals surface area contributed by atoms with Crippen molar-refractivity contribution < 1.29 is 0 Å². The monoisotopic (exact) mass is 292 g/mol. The van der Waals surface area contributed by atoms with Gasteiger partial charge < -0.3 is 4.90 Å². The smallest absolute Gasteiger partial charge is 0.130 e. The molecule has 2 fully saturated rings. The fourth-order valence-electron chi connectivity index (χ4n) is 3.48. The molecule has 0 unspecified atom stereocenters. The van der Waals surface area contributed by atoms with Crippen LogP contribution in [0.15, 0.2) is 30.3 Å². The molecule has 0 radical (unpaired) electrons. The van der Waals surface area contributed by atoms with Crippen LogP contribution in [-0.4, -0.2) is 42.1 Å². The van der Waals surface area contributed by atoms with Crippen LogP contribution in [0.4, 0.5) is 5.82 Å². The molecule has 4 rings (SSSR count). The van der Waals surface area contributed by atoms with E-state index in [-0.39, 0.29) is 0 Å². The molecule has 0 amide bonds. The molecular weight excluding hydrogens is 272 g/mol. The first kappa shape index (κ1) is 13.5. The van der Waals surface area contributed by atoms with Crippen LogP contribution in [0.1, 0.15) is 24.8 Å². The van der Waals surface area contributed by atoms with E-state index in [9.17, 15) is 5.26 Å². The van der Waals surface area contributed by atoms with E-state index in [1.54, 1.807) is 0 Å². The largest absolute Gasteiger partial charge is 0.354 e. The van der Waals surface area contributed by atoms with Crippen molar-refractivity contribution in [2.75, 3.05) is 31.1 Å². The number of hydrogen-bond donors (Lipinski definition) is 0. The molecule has 1 aromatic heterocycles.